The molecule has 1 fully saturated rings. The molecular formula is C13H17FN2O. The molecule has 92 valence electrons. The van der Waals surface area contributed by atoms with Crippen LogP contribution in [-0.4, -0.2) is 25.0 Å². The molecule has 0 aromatic heterocycles. The van der Waals surface area contributed by atoms with E-state index in [-0.39, 0.29) is 11.7 Å². The molecule has 0 saturated carbocycles. The van der Waals surface area contributed by atoms with Crippen molar-refractivity contribution in [2.75, 3.05) is 13.1 Å². The number of carbonyl (C=O) groups excluding carboxylic acids is 1. The molecule has 1 aliphatic heterocycles. The van der Waals surface area contributed by atoms with Crippen LogP contribution in [0.1, 0.15) is 28.8 Å². The van der Waals surface area contributed by atoms with Crippen molar-refractivity contribution in [2.45, 2.75) is 25.8 Å². The summed E-state index contributed by atoms with van der Waals surface area (Å²) in [5, 5.41) is 6.11. The number of carbonyl (C=O) groups is 1. The molecule has 0 aliphatic carbocycles. The minimum absolute atomic E-state index is 0.211. The smallest absolute Gasteiger partial charge is 0.251 e. The lowest BCUT2D eigenvalue weighted by Gasteiger charge is -2.11. The van der Waals surface area contributed by atoms with Crippen molar-refractivity contribution in [3.05, 3.63) is 35.1 Å². The molecule has 2 N–H and O–H groups in total. The van der Waals surface area contributed by atoms with Gasteiger partial charge in [-0.05, 0) is 44.0 Å². The Morgan fingerprint density at radius 2 is 2.41 bits per heavy atom. The summed E-state index contributed by atoms with van der Waals surface area (Å²) in [7, 11) is 0. The fraction of sp³-hybridized carbons (Fsp3) is 0.462. The molecule has 1 aromatic carbocycles. The Hall–Kier alpha value is -1.42. The van der Waals surface area contributed by atoms with Crippen LogP contribution < -0.4 is 10.6 Å². The molecule has 0 radical (unpaired) electrons. The summed E-state index contributed by atoms with van der Waals surface area (Å²) in [5.41, 5.74) is 0.935. The zero-order chi connectivity index (χ0) is 12.3. The Bertz CT molecular complexity index is 414. The minimum Gasteiger partial charge on any atom is -0.350 e. The van der Waals surface area contributed by atoms with E-state index < -0.39 is 0 Å². The molecule has 1 heterocycles. The van der Waals surface area contributed by atoms with Crippen molar-refractivity contribution < 1.29 is 9.18 Å². The predicted octanol–water partition coefficient (Wildman–Crippen LogP) is 1.62. The number of hydrogen-bond donors (Lipinski definition) is 2. The second-order valence-electron chi connectivity index (χ2n) is 4.47. The van der Waals surface area contributed by atoms with Crippen LogP contribution in [0.4, 0.5) is 4.39 Å². The highest BCUT2D eigenvalue weighted by Gasteiger charge is 2.15. The molecule has 1 aliphatic rings. The fourth-order valence-corrected chi connectivity index (χ4v) is 1.98. The number of aryl methyl sites for hydroxylation is 1. The molecule has 1 saturated heterocycles. The van der Waals surface area contributed by atoms with Crippen molar-refractivity contribution in [2.24, 2.45) is 0 Å². The summed E-state index contributed by atoms with van der Waals surface area (Å²) in [6.07, 6.45) is 2.24. The topological polar surface area (TPSA) is 41.1 Å². The van der Waals surface area contributed by atoms with E-state index in [9.17, 15) is 9.18 Å². The van der Waals surface area contributed by atoms with Gasteiger partial charge in [-0.25, -0.2) is 4.39 Å². The highest BCUT2D eigenvalue weighted by atomic mass is 19.1. The maximum atomic E-state index is 13.3. The molecule has 3 nitrogen and oxygen atoms in total. The van der Waals surface area contributed by atoms with E-state index in [4.69, 9.17) is 0 Å². The summed E-state index contributed by atoms with van der Waals surface area (Å²) in [4.78, 5) is 11.8. The first-order valence-electron chi connectivity index (χ1n) is 5.94. The Morgan fingerprint density at radius 3 is 3.06 bits per heavy atom. The van der Waals surface area contributed by atoms with Gasteiger partial charge in [-0.2, -0.15) is 0 Å². The van der Waals surface area contributed by atoms with Gasteiger partial charge in [0.1, 0.15) is 5.82 Å². The van der Waals surface area contributed by atoms with Crippen LogP contribution in [0.25, 0.3) is 0 Å². The third-order valence-corrected chi connectivity index (χ3v) is 3.11. The van der Waals surface area contributed by atoms with Crippen molar-refractivity contribution in [1.29, 1.82) is 0 Å². The first kappa shape index (κ1) is 12.0. The molecule has 0 spiro atoms. The van der Waals surface area contributed by atoms with Gasteiger partial charge in [0.05, 0.1) is 0 Å². The van der Waals surface area contributed by atoms with Crippen LogP contribution in [0.15, 0.2) is 18.2 Å². The van der Waals surface area contributed by atoms with Crippen LogP contribution in [-0.2, 0) is 0 Å². The van der Waals surface area contributed by atoms with Gasteiger partial charge in [-0.1, -0.05) is 6.07 Å². The maximum absolute atomic E-state index is 13.3. The van der Waals surface area contributed by atoms with Gasteiger partial charge >= 0.3 is 0 Å². The fourth-order valence-electron chi connectivity index (χ4n) is 1.98. The molecule has 1 unspecified atom stereocenters. The number of nitrogens with one attached hydrogen (secondary N) is 2. The molecule has 1 atom stereocenters. The third-order valence-electron chi connectivity index (χ3n) is 3.11. The average Bonchev–Trinajstić information content (AvgIpc) is 2.82. The lowest BCUT2D eigenvalue weighted by atomic mass is 10.1. The standard InChI is InChI=1S/C13H17FN2O/c1-9-4-5-10(7-12(9)14)13(17)16-8-11-3-2-6-15-11/h4-5,7,11,15H,2-3,6,8H2,1H3,(H,16,17). The average molecular weight is 236 g/mol. The van der Waals surface area contributed by atoms with Gasteiger partial charge in [-0.3, -0.25) is 4.79 Å². The SMILES string of the molecule is Cc1ccc(C(=O)NCC2CCCN2)cc1F. The summed E-state index contributed by atoms with van der Waals surface area (Å²) >= 11 is 0. The van der Waals surface area contributed by atoms with Gasteiger partial charge in [0.2, 0.25) is 0 Å². The van der Waals surface area contributed by atoms with Crippen LogP contribution in [0.3, 0.4) is 0 Å². The largest absolute Gasteiger partial charge is 0.350 e. The van der Waals surface area contributed by atoms with Gasteiger partial charge < -0.3 is 10.6 Å². The lowest BCUT2D eigenvalue weighted by Crippen LogP contribution is -2.37. The molecule has 1 amide bonds. The van der Waals surface area contributed by atoms with Gasteiger partial charge in [0.25, 0.3) is 5.91 Å². The summed E-state index contributed by atoms with van der Waals surface area (Å²) in [6, 6.07) is 4.91. The molecule has 2 rings (SSSR count). The van der Waals surface area contributed by atoms with Crippen LogP contribution >= 0.6 is 0 Å². The van der Waals surface area contributed by atoms with Gasteiger partial charge in [0.15, 0.2) is 0 Å². The van der Waals surface area contributed by atoms with Crippen LogP contribution in [0.2, 0.25) is 0 Å². The van der Waals surface area contributed by atoms with Gasteiger partial charge in [-0.15, -0.1) is 0 Å². The number of hydrogen-bond acceptors (Lipinski definition) is 2. The molecule has 0 bridgehead atoms. The Balaban J connectivity index is 1.92. The summed E-state index contributed by atoms with van der Waals surface area (Å²) in [5.74, 6) is -0.547. The monoisotopic (exact) mass is 236 g/mol. The zero-order valence-corrected chi connectivity index (χ0v) is 9.92. The number of halogens is 1. The second-order valence-corrected chi connectivity index (χ2v) is 4.47. The quantitative estimate of drug-likeness (QED) is 0.837. The minimum atomic E-state index is -0.336. The number of rotatable bonds is 3. The maximum Gasteiger partial charge on any atom is 0.251 e. The predicted molar refractivity (Wildman–Crippen MR) is 64.5 cm³/mol. The van der Waals surface area contributed by atoms with Crippen molar-refractivity contribution in [1.82, 2.24) is 10.6 Å². The lowest BCUT2D eigenvalue weighted by molar-refractivity contribution is 0.0950. The molecule has 17 heavy (non-hydrogen) atoms. The van der Waals surface area contributed by atoms with E-state index >= 15 is 0 Å². The normalized spacial score (nSPS) is 19.3. The van der Waals surface area contributed by atoms with Crippen molar-refractivity contribution >= 4 is 5.91 Å². The zero-order valence-electron chi connectivity index (χ0n) is 9.92. The van der Waals surface area contributed by atoms with E-state index in [2.05, 4.69) is 10.6 Å². The van der Waals surface area contributed by atoms with E-state index in [0.717, 1.165) is 19.4 Å². The van der Waals surface area contributed by atoms with Crippen LogP contribution in [0.5, 0.6) is 0 Å². The summed E-state index contributed by atoms with van der Waals surface area (Å²) < 4.78 is 13.3. The number of benzene rings is 1. The highest BCUT2D eigenvalue weighted by molar-refractivity contribution is 5.94. The Kier molecular flexibility index (Phi) is 3.74. The van der Waals surface area contributed by atoms with E-state index in [1.807, 2.05) is 0 Å². The van der Waals surface area contributed by atoms with Crippen molar-refractivity contribution in [3.63, 3.8) is 0 Å². The summed E-state index contributed by atoms with van der Waals surface area (Å²) in [6.45, 7) is 3.30. The second kappa shape index (κ2) is 5.27. The van der Waals surface area contributed by atoms with Crippen molar-refractivity contribution in [3.8, 4) is 0 Å². The van der Waals surface area contributed by atoms with E-state index in [0.29, 0.717) is 23.7 Å². The highest BCUT2D eigenvalue weighted by Crippen LogP contribution is 2.09. The van der Waals surface area contributed by atoms with Crippen LogP contribution in [0, 0.1) is 12.7 Å². The van der Waals surface area contributed by atoms with E-state index in [1.54, 1.807) is 19.1 Å². The first-order chi connectivity index (χ1) is 8.16. The first-order valence-corrected chi connectivity index (χ1v) is 5.94. The van der Waals surface area contributed by atoms with Gasteiger partial charge in [0, 0.05) is 18.2 Å². The molecular weight excluding hydrogens is 219 g/mol. The van der Waals surface area contributed by atoms with E-state index in [1.165, 1.54) is 6.07 Å². The number of amides is 1. The third kappa shape index (κ3) is 3.03. The Labute approximate surface area is 100 Å². The Morgan fingerprint density at radius 1 is 1.59 bits per heavy atom. The molecule has 4 heteroatoms. The molecule has 1 aromatic rings.